The first-order chi connectivity index (χ1) is 17.5. The van der Waals surface area contributed by atoms with Crippen LogP contribution < -0.4 is 10.5 Å². The summed E-state index contributed by atoms with van der Waals surface area (Å²) >= 11 is 6.80. The zero-order chi connectivity index (χ0) is 25.2. The molecule has 2 aromatic heterocycles. The Labute approximate surface area is 218 Å². The smallest absolute Gasteiger partial charge is 0.267 e. The van der Waals surface area contributed by atoms with Crippen molar-refractivity contribution in [3.63, 3.8) is 0 Å². The van der Waals surface area contributed by atoms with Gasteiger partial charge in [-0.25, -0.2) is 4.98 Å². The molecular weight excluding hydrogens is 494 g/mol. The van der Waals surface area contributed by atoms with E-state index in [-0.39, 0.29) is 24.1 Å². The number of aliphatic hydroxyl groups is 1. The lowest BCUT2D eigenvalue weighted by Gasteiger charge is -2.35. The molecule has 0 radical (unpaired) electrons. The average molecular weight is 522 g/mol. The van der Waals surface area contributed by atoms with E-state index in [4.69, 9.17) is 17.2 Å². The van der Waals surface area contributed by atoms with Crippen LogP contribution >= 0.6 is 24.0 Å². The molecule has 10 heteroatoms. The van der Waals surface area contributed by atoms with Gasteiger partial charge in [0, 0.05) is 38.9 Å². The third-order valence-corrected chi connectivity index (χ3v) is 7.94. The van der Waals surface area contributed by atoms with Gasteiger partial charge in [-0.1, -0.05) is 60.4 Å². The van der Waals surface area contributed by atoms with Gasteiger partial charge < -0.3 is 10.0 Å². The topological polar surface area (TPSA) is 81.4 Å². The summed E-state index contributed by atoms with van der Waals surface area (Å²) in [6.07, 6.45) is 3.34. The highest BCUT2D eigenvalue weighted by Gasteiger charge is 2.36. The molecule has 3 aromatic rings. The van der Waals surface area contributed by atoms with Crippen molar-refractivity contribution < 1.29 is 9.90 Å². The predicted octanol–water partition coefficient (Wildman–Crippen LogP) is 2.77. The zero-order valence-corrected chi connectivity index (χ0v) is 21.5. The fourth-order valence-electron chi connectivity index (χ4n) is 4.61. The van der Waals surface area contributed by atoms with Crippen molar-refractivity contribution in [1.29, 1.82) is 0 Å². The first-order valence-corrected chi connectivity index (χ1v) is 13.1. The molecule has 1 aromatic carbocycles. The summed E-state index contributed by atoms with van der Waals surface area (Å²) in [5, 5.41) is 9.27. The summed E-state index contributed by atoms with van der Waals surface area (Å²) in [7, 11) is 0. The molecule has 8 nitrogen and oxygen atoms in total. The van der Waals surface area contributed by atoms with E-state index in [1.54, 1.807) is 29.3 Å². The molecule has 2 fully saturated rings. The summed E-state index contributed by atoms with van der Waals surface area (Å²) in [6.45, 7) is 5.54. The van der Waals surface area contributed by atoms with Crippen LogP contribution in [0.15, 0.2) is 64.4 Å². The highest BCUT2D eigenvalue weighted by Crippen LogP contribution is 2.38. The number of thiocarbonyl (C=S) groups is 1. The zero-order valence-electron chi connectivity index (χ0n) is 19.9. The molecule has 0 bridgehead atoms. The van der Waals surface area contributed by atoms with Crippen LogP contribution in [0.4, 0.5) is 5.82 Å². The lowest BCUT2D eigenvalue weighted by Crippen LogP contribution is -2.48. The molecule has 0 spiro atoms. The molecule has 5 rings (SSSR count). The minimum absolute atomic E-state index is 0.115. The number of benzene rings is 1. The van der Waals surface area contributed by atoms with Crippen LogP contribution in [0.25, 0.3) is 11.7 Å². The monoisotopic (exact) mass is 521 g/mol. The number of anilines is 1. The van der Waals surface area contributed by atoms with Crippen molar-refractivity contribution in [2.75, 3.05) is 44.2 Å². The number of piperazine rings is 1. The van der Waals surface area contributed by atoms with Crippen molar-refractivity contribution >= 4 is 51.7 Å². The normalized spacial score (nSPS) is 19.0. The summed E-state index contributed by atoms with van der Waals surface area (Å²) < 4.78 is 1.97. The predicted molar refractivity (Wildman–Crippen MR) is 147 cm³/mol. The van der Waals surface area contributed by atoms with Crippen molar-refractivity contribution in [2.45, 2.75) is 13.0 Å². The van der Waals surface area contributed by atoms with Gasteiger partial charge in [0.05, 0.1) is 23.1 Å². The van der Waals surface area contributed by atoms with E-state index in [0.29, 0.717) is 45.9 Å². The standard InChI is InChI=1S/C26H27N5O3S2/c1-18(19-7-3-2-4-8-19)31-25(34)21(36-26(31)35)17-20-23(29-13-11-28(12-14-29)15-16-32)27-22-9-5-6-10-30(22)24(20)33/h2-10,17-18,32H,11-16H2,1H3. The SMILES string of the molecule is CC(c1ccccc1)N1C(=O)C(=Cc2c(N3CCN(CCO)CC3)nc3ccccn3c2=O)SC1=S. The molecule has 1 N–H and O–H groups in total. The Morgan fingerprint density at radius 2 is 1.81 bits per heavy atom. The number of aliphatic hydroxyl groups excluding tert-OH is 1. The lowest BCUT2D eigenvalue weighted by atomic mass is 10.1. The summed E-state index contributed by atoms with van der Waals surface area (Å²) in [5.74, 6) is 0.355. The molecule has 1 amide bonds. The Kier molecular flexibility index (Phi) is 7.20. The number of carbonyl (C=O) groups excluding carboxylic acids is 1. The first kappa shape index (κ1) is 24.6. The number of nitrogens with zero attached hydrogens (tertiary/aromatic N) is 5. The van der Waals surface area contributed by atoms with Gasteiger partial charge in [0.15, 0.2) is 0 Å². The quantitative estimate of drug-likeness (QED) is 0.392. The largest absolute Gasteiger partial charge is 0.395 e. The number of fused-ring (bicyclic) bond motifs is 1. The van der Waals surface area contributed by atoms with E-state index in [1.165, 1.54) is 16.2 Å². The van der Waals surface area contributed by atoms with E-state index in [9.17, 15) is 14.7 Å². The van der Waals surface area contributed by atoms with Crippen molar-refractivity contribution in [3.05, 3.63) is 81.1 Å². The number of aromatic nitrogens is 2. The van der Waals surface area contributed by atoms with Crippen LogP contribution in [0.2, 0.25) is 0 Å². The molecule has 36 heavy (non-hydrogen) atoms. The van der Waals surface area contributed by atoms with Crippen LogP contribution in [0.3, 0.4) is 0 Å². The van der Waals surface area contributed by atoms with Gasteiger partial charge in [0.2, 0.25) is 0 Å². The molecule has 2 aliphatic rings. The third-order valence-electron chi connectivity index (χ3n) is 6.61. The van der Waals surface area contributed by atoms with Gasteiger partial charge >= 0.3 is 0 Å². The van der Waals surface area contributed by atoms with Crippen molar-refractivity contribution in [3.8, 4) is 0 Å². The number of amides is 1. The number of carbonyl (C=O) groups is 1. The molecular formula is C26H27N5O3S2. The maximum absolute atomic E-state index is 13.6. The maximum atomic E-state index is 13.6. The van der Waals surface area contributed by atoms with Crippen LogP contribution in [0.1, 0.15) is 24.1 Å². The molecule has 2 aliphatic heterocycles. The maximum Gasteiger partial charge on any atom is 0.267 e. The van der Waals surface area contributed by atoms with Crippen LogP contribution in [-0.4, -0.2) is 73.8 Å². The molecule has 0 aliphatic carbocycles. The highest BCUT2D eigenvalue weighted by molar-refractivity contribution is 8.26. The van der Waals surface area contributed by atoms with Crippen molar-refractivity contribution in [2.24, 2.45) is 0 Å². The lowest BCUT2D eigenvalue weighted by molar-refractivity contribution is -0.123. The Morgan fingerprint density at radius 1 is 1.08 bits per heavy atom. The number of thioether (sulfide) groups is 1. The van der Waals surface area contributed by atoms with Gasteiger partial charge in [-0.3, -0.25) is 23.8 Å². The van der Waals surface area contributed by atoms with E-state index in [2.05, 4.69) is 9.80 Å². The summed E-state index contributed by atoms with van der Waals surface area (Å²) in [5.41, 5.74) is 1.69. The molecule has 186 valence electrons. The molecule has 0 saturated carbocycles. The molecule has 4 heterocycles. The Balaban J connectivity index is 1.53. The number of hydrogen-bond acceptors (Lipinski definition) is 8. The summed E-state index contributed by atoms with van der Waals surface area (Å²) in [6, 6.07) is 15.0. The van der Waals surface area contributed by atoms with Gasteiger partial charge in [0.1, 0.15) is 15.8 Å². The number of hydrogen-bond donors (Lipinski definition) is 1. The summed E-state index contributed by atoms with van der Waals surface area (Å²) in [4.78, 5) is 38.2. The second-order valence-electron chi connectivity index (χ2n) is 8.77. The molecule has 2 saturated heterocycles. The van der Waals surface area contributed by atoms with Gasteiger partial charge in [-0.05, 0) is 30.7 Å². The second-order valence-corrected chi connectivity index (χ2v) is 10.4. The third kappa shape index (κ3) is 4.69. The Hall–Kier alpha value is -3.05. The molecule has 1 atom stereocenters. The van der Waals surface area contributed by atoms with E-state index in [1.807, 2.05) is 43.3 Å². The van der Waals surface area contributed by atoms with Gasteiger partial charge in [-0.2, -0.15) is 0 Å². The van der Waals surface area contributed by atoms with Crippen LogP contribution in [0, 0.1) is 0 Å². The first-order valence-electron chi connectivity index (χ1n) is 11.9. The van der Waals surface area contributed by atoms with Crippen molar-refractivity contribution in [1.82, 2.24) is 19.2 Å². The van der Waals surface area contributed by atoms with E-state index >= 15 is 0 Å². The van der Waals surface area contributed by atoms with E-state index in [0.717, 1.165) is 18.7 Å². The minimum Gasteiger partial charge on any atom is -0.395 e. The van der Waals surface area contributed by atoms with Gasteiger partial charge in [0.25, 0.3) is 11.5 Å². The number of pyridine rings is 1. The Morgan fingerprint density at radius 3 is 2.53 bits per heavy atom. The molecule has 1 unspecified atom stereocenters. The van der Waals surface area contributed by atoms with Gasteiger partial charge in [-0.15, -0.1) is 0 Å². The van der Waals surface area contributed by atoms with E-state index < -0.39 is 0 Å². The number of rotatable bonds is 6. The highest BCUT2D eigenvalue weighted by atomic mass is 32.2. The van der Waals surface area contributed by atoms with Crippen LogP contribution in [0.5, 0.6) is 0 Å². The second kappa shape index (κ2) is 10.5. The fourth-order valence-corrected chi connectivity index (χ4v) is 6.01. The minimum atomic E-state index is -0.227. The number of β-amino-alcohol motifs (C(OH)–C–C–N with tert-alkyl or cyclic N) is 1. The average Bonchev–Trinajstić information content (AvgIpc) is 3.18. The van der Waals surface area contributed by atoms with Crippen LogP contribution in [-0.2, 0) is 4.79 Å². The Bertz CT molecular complexity index is 1380. The fraction of sp³-hybridized carbons (Fsp3) is 0.308.